The number of Topliss-reactive ketones (excluding diaryl/α,β-unsaturated/α-hetero) is 1. The standard InChI is InChI=1S/C6H8O2/c1-3-5(7)6(8)4-2/h1,6,8H,4H2,2H3. The summed E-state index contributed by atoms with van der Waals surface area (Å²) in [4.78, 5) is 10.3. The maximum atomic E-state index is 10.3. The molecule has 1 N–H and O–H groups in total. The highest BCUT2D eigenvalue weighted by molar-refractivity contribution is 5.98. The Morgan fingerprint density at radius 2 is 2.50 bits per heavy atom. The van der Waals surface area contributed by atoms with Gasteiger partial charge in [-0.1, -0.05) is 6.92 Å². The van der Waals surface area contributed by atoms with E-state index in [9.17, 15) is 4.79 Å². The normalized spacial score (nSPS) is 12.1. The predicted octanol–water partition coefficient (Wildman–Crippen LogP) is -0.0404. The molecular weight excluding hydrogens is 104 g/mol. The number of hydrogen-bond donors (Lipinski definition) is 1. The molecule has 0 saturated carbocycles. The van der Waals surface area contributed by atoms with Crippen molar-refractivity contribution >= 4 is 5.78 Å². The zero-order valence-electron chi connectivity index (χ0n) is 4.72. The monoisotopic (exact) mass is 112 g/mol. The van der Waals surface area contributed by atoms with Gasteiger partial charge in [-0.15, -0.1) is 6.42 Å². The van der Waals surface area contributed by atoms with Gasteiger partial charge in [0.05, 0.1) is 0 Å². The minimum Gasteiger partial charge on any atom is -0.384 e. The van der Waals surface area contributed by atoms with Gasteiger partial charge in [0, 0.05) is 0 Å². The van der Waals surface area contributed by atoms with Crippen LogP contribution in [-0.4, -0.2) is 17.0 Å². The molecule has 0 heterocycles. The van der Waals surface area contributed by atoms with Crippen molar-refractivity contribution in [3.05, 3.63) is 0 Å². The molecule has 0 rings (SSSR count). The van der Waals surface area contributed by atoms with Crippen molar-refractivity contribution in [1.82, 2.24) is 0 Å². The molecule has 0 aromatic carbocycles. The Balaban J connectivity index is 3.68. The molecule has 0 spiro atoms. The lowest BCUT2D eigenvalue weighted by molar-refractivity contribution is -0.121. The summed E-state index contributed by atoms with van der Waals surface area (Å²) in [6, 6.07) is 0. The van der Waals surface area contributed by atoms with Crippen molar-refractivity contribution in [3.8, 4) is 12.3 Å². The first-order valence-electron chi connectivity index (χ1n) is 2.41. The van der Waals surface area contributed by atoms with Gasteiger partial charge < -0.3 is 5.11 Å². The van der Waals surface area contributed by atoms with Gasteiger partial charge in [0.15, 0.2) is 0 Å². The van der Waals surface area contributed by atoms with Crippen molar-refractivity contribution in [2.24, 2.45) is 0 Å². The van der Waals surface area contributed by atoms with Crippen LogP contribution in [0.15, 0.2) is 0 Å². The fraction of sp³-hybridized carbons (Fsp3) is 0.500. The first-order chi connectivity index (χ1) is 3.72. The Hall–Kier alpha value is -0.810. The highest BCUT2D eigenvalue weighted by atomic mass is 16.3. The van der Waals surface area contributed by atoms with Crippen LogP contribution in [0.1, 0.15) is 13.3 Å². The molecule has 0 aliphatic heterocycles. The molecule has 0 amide bonds. The number of ketones is 1. The second-order valence-electron chi connectivity index (χ2n) is 1.43. The summed E-state index contributed by atoms with van der Waals surface area (Å²) in [5, 5.41) is 8.63. The van der Waals surface area contributed by atoms with E-state index in [1.807, 2.05) is 5.92 Å². The van der Waals surface area contributed by atoms with Gasteiger partial charge in [0.2, 0.25) is 5.78 Å². The van der Waals surface area contributed by atoms with Crippen molar-refractivity contribution in [2.75, 3.05) is 0 Å². The molecule has 0 aromatic rings. The first kappa shape index (κ1) is 7.19. The number of carbonyl (C=O) groups excluding carboxylic acids is 1. The summed E-state index contributed by atoms with van der Waals surface area (Å²) in [5.74, 6) is 1.29. The van der Waals surface area contributed by atoms with Crippen LogP contribution in [0.2, 0.25) is 0 Å². The molecule has 0 radical (unpaired) electrons. The summed E-state index contributed by atoms with van der Waals surface area (Å²) in [6.45, 7) is 1.69. The molecule has 0 fully saturated rings. The molecule has 0 saturated heterocycles. The molecule has 0 bridgehead atoms. The van der Waals surface area contributed by atoms with Crippen LogP contribution in [0.5, 0.6) is 0 Å². The van der Waals surface area contributed by atoms with Crippen molar-refractivity contribution in [1.29, 1.82) is 0 Å². The third-order valence-electron chi connectivity index (χ3n) is 0.832. The van der Waals surface area contributed by atoms with Crippen LogP contribution in [0.3, 0.4) is 0 Å². The summed E-state index contributed by atoms with van der Waals surface area (Å²) in [7, 11) is 0. The number of rotatable bonds is 2. The maximum Gasteiger partial charge on any atom is 0.233 e. The summed E-state index contributed by atoms with van der Waals surface area (Å²) >= 11 is 0. The van der Waals surface area contributed by atoms with Crippen LogP contribution in [0, 0.1) is 12.3 Å². The van der Waals surface area contributed by atoms with Crippen LogP contribution < -0.4 is 0 Å². The Morgan fingerprint density at radius 3 is 2.62 bits per heavy atom. The van der Waals surface area contributed by atoms with Gasteiger partial charge in [0.25, 0.3) is 0 Å². The largest absolute Gasteiger partial charge is 0.384 e. The molecule has 2 heteroatoms. The first-order valence-corrected chi connectivity index (χ1v) is 2.41. The Kier molecular flexibility index (Phi) is 2.90. The Morgan fingerprint density at radius 1 is 2.00 bits per heavy atom. The quantitative estimate of drug-likeness (QED) is 0.402. The van der Waals surface area contributed by atoms with Gasteiger partial charge in [-0.25, -0.2) is 0 Å². The SMILES string of the molecule is C#CC(=O)C(O)CC. The van der Waals surface area contributed by atoms with E-state index in [2.05, 4.69) is 6.42 Å². The van der Waals surface area contributed by atoms with E-state index in [0.29, 0.717) is 6.42 Å². The highest BCUT2D eigenvalue weighted by Gasteiger charge is 2.07. The second kappa shape index (κ2) is 3.23. The van der Waals surface area contributed by atoms with E-state index in [0.717, 1.165) is 0 Å². The number of carbonyl (C=O) groups is 1. The predicted molar refractivity (Wildman–Crippen MR) is 30.1 cm³/mol. The second-order valence-corrected chi connectivity index (χ2v) is 1.43. The molecule has 1 unspecified atom stereocenters. The number of hydrogen-bond acceptors (Lipinski definition) is 2. The minimum absolute atomic E-state index is 0.392. The lowest BCUT2D eigenvalue weighted by Crippen LogP contribution is -2.16. The van der Waals surface area contributed by atoms with Gasteiger partial charge in [-0.3, -0.25) is 4.79 Å². The van der Waals surface area contributed by atoms with E-state index < -0.39 is 11.9 Å². The highest BCUT2D eigenvalue weighted by Crippen LogP contribution is 1.88. The zero-order valence-corrected chi connectivity index (χ0v) is 4.72. The molecule has 2 nitrogen and oxygen atoms in total. The Bertz CT molecular complexity index is 121. The lowest BCUT2D eigenvalue weighted by atomic mass is 10.2. The topological polar surface area (TPSA) is 37.3 Å². The summed E-state index contributed by atoms with van der Waals surface area (Å²) < 4.78 is 0. The smallest absolute Gasteiger partial charge is 0.233 e. The number of terminal acetylenes is 1. The molecular formula is C6H8O2. The average Bonchev–Trinajstić information content (AvgIpc) is 1.84. The number of aliphatic hydroxyl groups is 1. The molecule has 44 valence electrons. The third kappa shape index (κ3) is 1.76. The van der Waals surface area contributed by atoms with E-state index in [1.165, 1.54) is 0 Å². The van der Waals surface area contributed by atoms with Crippen LogP contribution in [-0.2, 0) is 4.79 Å². The van der Waals surface area contributed by atoms with Gasteiger partial charge in [-0.2, -0.15) is 0 Å². The lowest BCUT2D eigenvalue weighted by Gasteiger charge is -1.96. The van der Waals surface area contributed by atoms with Crippen molar-refractivity contribution < 1.29 is 9.90 Å². The summed E-state index contributed by atoms with van der Waals surface area (Å²) in [6.07, 6.45) is 4.12. The van der Waals surface area contributed by atoms with Crippen LogP contribution in [0.4, 0.5) is 0 Å². The molecule has 0 aliphatic carbocycles. The fourth-order valence-corrected chi connectivity index (χ4v) is 0.282. The Labute approximate surface area is 48.5 Å². The van der Waals surface area contributed by atoms with E-state index in [4.69, 9.17) is 5.11 Å². The third-order valence-corrected chi connectivity index (χ3v) is 0.832. The molecule has 8 heavy (non-hydrogen) atoms. The minimum atomic E-state index is -0.958. The average molecular weight is 112 g/mol. The van der Waals surface area contributed by atoms with E-state index in [1.54, 1.807) is 6.92 Å². The van der Waals surface area contributed by atoms with Gasteiger partial charge in [-0.05, 0) is 12.3 Å². The van der Waals surface area contributed by atoms with E-state index >= 15 is 0 Å². The van der Waals surface area contributed by atoms with Crippen molar-refractivity contribution in [3.63, 3.8) is 0 Å². The number of aliphatic hydroxyl groups excluding tert-OH is 1. The zero-order chi connectivity index (χ0) is 6.57. The molecule has 0 aliphatic rings. The maximum absolute atomic E-state index is 10.3. The van der Waals surface area contributed by atoms with E-state index in [-0.39, 0.29) is 0 Å². The van der Waals surface area contributed by atoms with Crippen molar-refractivity contribution in [2.45, 2.75) is 19.4 Å². The fourth-order valence-electron chi connectivity index (χ4n) is 0.282. The van der Waals surface area contributed by atoms with Gasteiger partial charge >= 0.3 is 0 Å². The van der Waals surface area contributed by atoms with Crippen LogP contribution >= 0.6 is 0 Å². The summed E-state index contributed by atoms with van der Waals surface area (Å²) in [5.41, 5.74) is 0. The molecule has 0 aromatic heterocycles. The van der Waals surface area contributed by atoms with Gasteiger partial charge in [0.1, 0.15) is 6.10 Å². The molecule has 1 atom stereocenters. The van der Waals surface area contributed by atoms with Crippen LogP contribution in [0.25, 0.3) is 0 Å².